The number of carbonyl (C=O) groups excluding carboxylic acids is 2. The third kappa shape index (κ3) is 17.9. The zero-order valence-electron chi connectivity index (χ0n) is 53.2. The number of aromatic carboxylic acids is 1. The van der Waals surface area contributed by atoms with Gasteiger partial charge in [-0.15, -0.1) is 0 Å². The van der Waals surface area contributed by atoms with Crippen LogP contribution < -0.4 is 33.6 Å². The first-order valence-electron chi connectivity index (χ1n) is 29.6. The molecule has 496 valence electrons. The van der Waals surface area contributed by atoms with Crippen LogP contribution in [0.3, 0.4) is 0 Å². The SMILES string of the molecule is C.Cc1cc(N)nc(C)c1CN.N#Cc1cc(C(=O)O)n(Cc2ccc3ncc(Cl)cc3c2)n1.[C-]#[N+]c1cc(C(=O)NCc2c(C)cc(N)nc2C)n(Cc2ccc3ncc(Cl)cc3c2)n1.[C-]#[N+]c1cc(C(=O)NCc2c(C)cc(N)nc2C)n(Cc2ccc3ncc(Cl)cc3c2)n1. The lowest BCUT2D eigenvalue weighted by molar-refractivity contribution is 0.0683. The minimum atomic E-state index is -1.13. The molecule has 28 heteroatoms. The molecule has 0 spiro atoms. The molecule has 0 saturated carbocycles. The Hall–Kier alpha value is -11.9. The van der Waals surface area contributed by atoms with Gasteiger partial charge in [-0.1, -0.05) is 73.6 Å². The predicted octanol–water partition coefficient (Wildman–Crippen LogP) is 12.5. The largest absolute Gasteiger partial charge is 0.477 e. The van der Waals surface area contributed by atoms with Crippen LogP contribution in [-0.4, -0.2) is 82.1 Å². The summed E-state index contributed by atoms with van der Waals surface area (Å²) in [6.07, 6.45) is 4.77. The highest BCUT2D eigenvalue weighted by atomic mass is 35.5. The number of hydrogen-bond donors (Lipinski definition) is 7. The standard InChI is InChI=1S/2C23H20ClN7O.C15H9ClN4O2.C8H13N3.CH4/c2*1-13-6-21(25)29-14(2)18(13)11-28-23(32)20-9-22(26-3)30-31(20)12-15-4-5-19-16(7-15)8-17(24)10-27-19;16-11-4-10-3-9(1-2-13(10)18-7-11)8-20-14(15(21)22)5-12(6-17)19-20;1-5-3-8(10)11-6(2)7(5)4-9;/h2*4-10H,11-12H2,1-2H3,(H2,25,29)(H,28,32);1-5,7H,8H2,(H,21,22);3H,4,9H2,1-2H3,(H2,10,11);1H4. The van der Waals surface area contributed by atoms with E-state index in [1.807, 2.05) is 120 Å². The molecule has 98 heavy (non-hydrogen) atoms. The Balaban J connectivity index is 0.000000175. The van der Waals surface area contributed by atoms with Gasteiger partial charge in [0.1, 0.15) is 40.6 Å². The fourth-order valence-corrected chi connectivity index (χ4v) is 11.1. The van der Waals surface area contributed by atoms with Crippen molar-refractivity contribution < 1.29 is 19.5 Å². The van der Waals surface area contributed by atoms with Gasteiger partial charge in [-0.3, -0.25) is 29.2 Å². The predicted molar refractivity (Wildman–Crippen MR) is 380 cm³/mol. The first kappa shape index (κ1) is 71.9. The number of anilines is 3. The minimum absolute atomic E-state index is 0. The molecule has 9 aromatic heterocycles. The Morgan fingerprint density at radius 2 is 0.867 bits per heavy atom. The van der Waals surface area contributed by atoms with E-state index in [-0.39, 0.29) is 48.8 Å². The van der Waals surface area contributed by atoms with Crippen LogP contribution in [-0.2, 0) is 39.3 Å². The number of benzene rings is 3. The zero-order chi connectivity index (χ0) is 69.8. The topological polar surface area (TPSA) is 363 Å². The molecule has 0 aliphatic heterocycles. The molecule has 0 saturated heterocycles. The van der Waals surface area contributed by atoms with Crippen LogP contribution in [0.15, 0.2) is 128 Å². The maximum Gasteiger partial charge on any atom is 0.354 e. The maximum atomic E-state index is 13.0. The second-order valence-electron chi connectivity index (χ2n) is 22.2. The van der Waals surface area contributed by atoms with Crippen LogP contribution in [0.2, 0.25) is 15.1 Å². The smallest absolute Gasteiger partial charge is 0.354 e. The number of nitrogen functional groups attached to an aromatic ring is 3. The number of nitriles is 1. The number of pyridine rings is 6. The van der Waals surface area contributed by atoms with E-state index in [0.717, 1.165) is 99.9 Å². The van der Waals surface area contributed by atoms with Crippen molar-refractivity contribution in [1.82, 2.24) is 69.9 Å². The van der Waals surface area contributed by atoms with Gasteiger partial charge in [-0.05, 0) is 187 Å². The van der Waals surface area contributed by atoms with Crippen LogP contribution in [0.5, 0.6) is 0 Å². The average molecular weight is 1370 g/mol. The second kappa shape index (κ2) is 32.0. The summed E-state index contributed by atoms with van der Waals surface area (Å²) in [5.41, 5.74) is 36.8. The Bertz CT molecular complexity index is 4880. The molecule has 0 aliphatic carbocycles. The highest BCUT2D eigenvalue weighted by molar-refractivity contribution is 6.31. The van der Waals surface area contributed by atoms with Crippen molar-refractivity contribution in [3.05, 3.63) is 256 Å². The van der Waals surface area contributed by atoms with E-state index in [1.165, 1.54) is 32.2 Å². The first-order valence-corrected chi connectivity index (χ1v) is 30.7. The summed E-state index contributed by atoms with van der Waals surface area (Å²) in [4.78, 5) is 69.3. The van der Waals surface area contributed by atoms with Crippen molar-refractivity contribution in [1.29, 1.82) is 5.26 Å². The number of nitrogens with one attached hydrogen (secondary N) is 2. The summed E-state index contributed by atoms with van der Waals surface area (Å²) in [5, 5.41) is 40.6. The van der Waals surface area contributed by atoms with Crippen molar-refractivity contribution in [2.75, 3.05) is 17.2 Å². The lowest BCUT2D eigenvalue weighted by Crippen LogP contribution is -2.27. The van der Waals surface area contributed by atoms with Crippen molar-refractivity contribution in [2.24, 2.45) is 5.73 Å². The van der Waals surface area contributed by atoms with E-state index < -0.39 is 5.97 Å². The van der Waals surface area contributed by atoms with Crippen molar-refractivity contribution in [3.8, 4) is 6.07 Å². The van der Waals surface area contributed by atoms with Crippen LogP contribution in [0.4, 0.5) is 29.1 Å². The van der Waals surface area contributed by atoms with E-state index >= 15 is 0 Å². The number of nitrogens with two attached hydrogens (primary N) is 4. The molecule has 0 aliphatic rings. The fourth-order valence-electron chi connectivity index (χ4n) is 10.6. The number of carboxylic acids is 1. The van der Waals surface area contributed by atoms with E-state index in [0.29, 0.717) is 76.6 Å². The quantitative estimate of drug-likeness (QED) is 0.0497. The van der Waals surface area contributed by atoms with Crippen molar-refractivity contribution in [2.45, 2.75) is 88.2 Å². The van der Waals surface area contributed by atoms with Gasteiger partial charge in [0.15, 0.2) is 5.69 Å². The Morgan fingerprint density at radius 1 is 0.520 bits per heavy atom. The monoisotopic (exact) mass is 1370 g/mol. The highest BCUT2D eigenvalue weighted by Gasteiger charge is 2.22. The zero-order valence-corrected chi connectivity index (χ0v) is 55.5. The molecule has 9 heterocycles. The van der Waals surface area contributed by atoms with Gasteiger partial charge in [-0.25, -0.2) is 19.7 Å². The van der Waals surface area contributed by atoms with Crippen LogP contribution in [0, 0.1) is 66.0 Å². The normalized spacial score (nSPS) is 10.6. The second-order valence-corrected chi connectivity index (χ2v) is 23.5. The lowest BCUT2D eigenvalue weighted by atomic mass is 10.1. The van der Waals surface area contributed by atoms with Gasteiger partial charge in [0.2, 0.25) is 0 Å². The number of aryl methyl sites for hydroxylation is 6. The molecular weight excluding hydrogens is 1310 g/mol. The molecule has 0 unspecified atom stereocenters. The number of amides is 2. The van der Waals surface area contributed by atoms with Gasteiger partial charge < -0.3 is 48.4 Å². The van der Waals surface area contributed by atoms with Crippen LogP contribution in [0.25, 0.3) is 42.4 Å². The van der Waals surface area contributed by atoms with Gasteiger partial charge in [0.25, 0.3) is 23.5 Å². The minimum Gasteiger partial charge on any atom is -0.477 e. The van der Waals surface area contributed by atoms with Gasteiger partial charge in [-0.2, -0.15) is 19.7 Å². The molecule has 0 radical (unpaired) electrons. The van der Waals surface area contributed by atoms with E-state index in [4.69, 9.17) is 81.3 Å². The summed E-state index contributed by atoms with van der Waals surface area (Å²) in [6.45, 7) is 28.1. The highest BCUT2D eigenvalue weighted by Crippen LogP contribution is 2.25. The molecule has 0 atom stereocenters. The van der Waals surface area contributed by atoms with Gasteiger partial charge >= 0.3 is 5.97 Å². The average Bonchev–Trinajstić information content (AvgIpc) is 1.51. The summed E-state index contributed by atoms with van der Waals surface area (Å²) in [5.74, 6) is -0.00785. The molecule has 0 bridgehead atoms. The summed E-state index contributed by atoms with van der Waals surface area (Å²) in [6, 6.07) is 33.9. The summed E-state index contributed by atoms with van der Waals surface area (Å²) >= 11 is 18.0. The van der Waals surface area contributed by atoms with E-state index in [1.54, 1.807) is 36.8 Å². The molecule has 3 aromatic carbocycles. The van der Waals surface area contributed by atoms with Crippen molar-refractivity contribution in [3.63, 3.8) is 0 Å². The van der Waals surface area contributed by atoms with E-state index in [2.05, 4.69) is 65.5 Å². The van der Waals surface area contributed by atoms with Crippen LogP contribution in [0.1, 0.15) is 112 Å². The molecular formula is C70H66Cl3N21O4. The molecule has 11 N–H and O–H groups in total. The number of halogens is 3. The maximum absolute atomic E-state index is 13.0. The summed E-state index contributed by atoms with van der Waals surface area (Å²) < 4.78 is 4.35. The third-order valence-electron chi connectivity index (χ3n) is 15.3. The lowest BCUT2D eigenvalue weighted by Gasteiger charge is -2.12. The number of nitrogens with zero attached hydrogens (tertiary/aromatic N) is 15. The number of hydrogen-bond acceptors (Lipinski definition) is 17. The Labute approximate surface area is 578 Å². The van der Waals surface area contributed by atoms with Gasteiger partial charge in [0, 0.05) is 77.5 Å². The molecule has 25 nitrogen and oxygen atoms in total. The first-order chi connectivity index (χ1) is 46.4. The number of carbonyl (C=O) groups is 3. The third-order valence-corrected chi connectivity index (χ3v) is 15.9. The van der Waals surface area contributed by atoms with Gasteiger partial charge in [0.05, 0.1) is 51.3 Å². The number of fused-ring (bicyclic) bond motifs is 3. The number of carboxylic acid groups (broad SMARTS) is 1. The molecule has 0 fully saturated rings. The van der Waals surface area contributed by atoms with Crippen molar-refractivity contribution >= 4 is 114 Å². The Kier molecular flexibility index (Phi) is 23.5. The summed E-state index contributed by atoms with van der Waals surface area (Å²) in [7, 11) is 0. The molecule has 12 aromatic rings. The Morgan fingerprint density at radius 3 is 1.18 bits per heavy atom. The number of aromatic nitrogens is 12. The molecule has 12 rings (SSSR count). The van der Waals surface area contributed by atoms with E-state index in [9.17, 15) is 14.4 Å². The fraction of sp³-hybridized carbons (Fsp3) is 0.186. The molecule has 2 amide bonds. The van der Waals surface area contributed by atoms with Crippen LogP contribution >= 0.6 is 34.8 Å². The number of rotatable bonds is 14.